The van der Waals surface area contributed by atoms with Crippen molar-refractivity contribution in [2.75, 3.05) is 13.2 Å². The van der Waals surface area contributed by atoms with Crippen molar-refractivity contribution in [2.24, 2.45) is 5.73 Å². The lowest BCUT2D eigenvalue weighted by atomic mass is 10.1. The first kappa shape index (κ1) is 14.5. The van der Waals surface area contributed by atoms with Gasteiger partial charge in [-0.25, -0.2) is 0 Å². The molecule has 0 aliphatic heterocycles. The molecule has 1 atom stereocenters. The Morgan fingerprint density at radius 3 is 2.33 bits per heavy atom. The van der Waals surface area contributed by atoms with Crippen LogP contribution in [0.15, 0.2) is 12.1 Å². The van der Waals surface area contributed by atoms with Gasteiger partial charge < -0.3 is 15.2 Å². The highest BCUT2D eigenvalue weighted by molar-refractivity contribution is 5.75. The molecule has 18 heavy (non-hydrogen) atoms. The third-order valence-corrected chi connectivity index (χ3v) is 2.60. The monoisotopic (exact) mass is 251 g/mol. The van der Waals surface area contributed by atoms with Crippen molar-refractivity contribution in [1.82, 2.24) is 0 Å². The Kier molecular flexibility index (Phi) is 5.16. The summed E-state index contributed by atoms with van der Waals surface area (Å²) >= 11 is 0. The standard InChI is InChI=1S/C14H21NO3/c1-5-17-14(16)12(15)8-18-13-10(3)6-9(2)7-11(13)4/h6-7,12H,5,8,15H2,1-4H3. The summed E-state index contributed by atoms with van der Waals surface area (Å²) in [6, 6.07) is 3.33. The van der Waals surface area contributed by atoms with Crippen LogP contribution in [0.4, 0.5) is 0 Å². The SMILES string of the molecule is CCOC(=O)C(N)COc1c(C)cc(C)cc1C. The molecule has 4 heteroatoms. The van der Waals surface area contributed by atoms with Crippen LogP contribution in [0.5, 0.6) is 5.75 Å². The van der Waals surface area contributed by atoms with E-state index in [-0.39, 0.29) is 6.61 Å². The molecular weight excluding hydrogens is 230 g/mol. The molecule has 0 bridgehead atoms. The number of hydrogen-bond donors (Lipinski definition) is 1. The van der Waals surface area contributed by atoms with Gasteiger partial charge in [-0.05, 0) is 38.8 Å². The third-order valence-electron chi connectivity index (χ3n) is 2.60. The Hall–Kier alpha value is -1.55. The fourth-order valence-electron chi connectivity index (χ4n) is 1.88. The third kappa shape index (κ3) is 3.74. The van der Waals surface area contributed by atoms with Gasteiger partial charge in [0, 0.05) is 0 Å². The molecule has 1 unspecified atom stereocenters. The zero-order valence-corrected chi connectivity index (χ0v) is 11.4. The molecule has 100 valence electrons. The summed E-state index contributed by atoms with van der Waals surface area (Å²) in [5, 5.41) is 0. The van der Waals surface area contributed by atoms with Crippen LogP contribution < -0.4 is 10.5 Å². The molecule has 1 rings (SSSR count). The maximum Gasteiger partial charge on any atom is 0.326 e. The van der Waals surface area contributed by atoms with Crippen LogP contribution in [-0.2, 0) is 9.53 Å². The summed E-state index contributed by atoms with van der Waals surface area (Å²) in [6.45, 7) is 8.20. The highest BCUT2D eigenvalue weighted by Gasteiger charge is 2.16. The molecule has 0 heterocycles. The quantitative estimate of drug-likeness (QED) is 0.812. The first-order valence-corrected chi connectivity index (χ1v) is 6.08. The minimum atomic E-state index is -0.745. The lowest BCUT2D eigenvalue weighted by Gasteiger charge is -2.16. The number of benzene rings is 1. The summed E-state index contributed by atoms with van der Waals surface area (Å²) in [6.07, 6.45) is 0. The number of carbonyl (C=O) groups is 1. The van der Waals surface area contributed by atoms with E-state index in [4.69, 9.17) is 15.2 Å². The highest BCUT2D eigenvalue weighted by atomic mass is 16.5. The van der Waals surface area contributed by atoms with E-state index >= 15 is 0 Å². The van der Waals surface area contributed by atoms with Crippen LogP contribution in [0.3, 0.4) is 0 Å². The van der Waals surface area contributed by atoms with Gasteiger partial charge in [0.1, 0.15) is 18.4 Å². The summed E-state index contributed by atoms with van der Waals surface area (Å²) in [7, 11) is 0. The molecule has 0 aliphatic carbocycles. The van der Waals surface area contributed by atoms with Crippen molar-refractivity contribution in [1.29, 1.82) is 0 Å². The number of nitrogens with two attached hydrogens (primary N) is 1. The average Bonchev–Trinajstić information content (AvgIpc) is 2.27. The van der Waals surface area contributed by atoms with Gasteiger partial charge in [-0.3, -0.25) is 4.79 Å². The summed E-state index contributed by atoms with van der Waals surface area (Å²) in [5.74, 6) is 0.361. The fourth-order valence-corrected chi connectivity index (χ4v) is 1.88. The largest absolute Gasteiger partial charge is 0.491 e. The van der Waals surface area contributed by atoms with E-state index < -0.39 is 12.0 Å². The minimum Gasteiger partial charge on any atom is -0.491 e. The Morgan fingerprint density at radius 2 is 1.83 bits per heavy atom. The lowest BCUT2D eigenvalue weighted by Crippen LogP contribution is -2.38. The van der Waals surface area contributed by atoms with E-state index in [0.717, 1.165) is 16.9 Å². The number of rotatable bonds is 5. The molecule has 0 aliphatic rings. The van der Waals surface area contributed by atoms with Crippen molar-refractivity contribution < 1.29 is 14.3 Å². The molecule has 1 aromatic rings. The second kappa shape index (κ2) is 6.40. The molecule has 0 spiro atoms. The van der Waals surface area contributed by atoms with E-state index in [1.807, 2.05) is 32.9 Å². The van der Waals surface area contributed by atoms with Gasteiger partial charge >= 0.3 is 5.97 Å². The molecule has 0 saturated carbocycles. The second-order valence-electron chi connectivity index (χ2n) is 4.40. The number of ether oxygens (including phenoxy) is 2. The van der Waals surface area contributed by atoms with Gasteiger partial charge in [-0.15, -0.1) is 0 Å². The molecule has 0 aromatic heterocycles. The van der Waals surface area contributed by atoms with Crippen molar-refractivity contribution in [3.8, 4) is 5.75 Å². The van der Waals surface area contributed by atoms with Crippen molar-refractivity contribution in [3.63, 3.8) is 0 Å². The molecule has 4 nitrogen and oxygen atoms in total. The summed E-state index contributed by atoms with van der Waals surface area (Å²) < 4.78 is 10.5. The first-order chi connectivity index (χ1) is 8.45. The van der Waals surface area contributed by atoms with E-state index in [0.29, 0.717) is 6.61 Å². The van der Waals surface area contributed by atoms with Crippen LogP contribution in [-0.4, -0.2) is 25.2 Å². The van der Waals surface area contributed by atoms with Crippen LogP contribution in [0.1, 0.15) is 23.6 Å². The second-order valence-corrected chi connectivity index (χ2v) is 4.40. The molecule has 0 radical (unpaired) electrons. The van der Waals surface area contributed by atoms with Crippen LogP contribution in [0.25, 0.3) is 0 Å². The van der Waals surface area contributed by atoms with E-state index in [1.54, 1.807) is 6.92 Å². The number of hydrogen-bond acceptors (Lipinski definition) is 4. The Bertz CT molecular complexity index is 406. The maximum absolute atomic E-state index is 11.4. The van der Waals surface area contributed by atoms with Gasteiger partial charge in [-0.1, -0.05) is 17.7 Å². The topological polar surface area (TPSA) is 61.5 Å². The van der Waals surface area contributed by atoms with Crippen LogP contribution >= 0.6 is 0 Å². The number of carbonyl (C=O) groups excluding carboxylic acids is 1. The Labute approximate surface area is 108 Å². The van der Waals surface area contributed by atoms with E-state index in [1.165, 1.54) is 5.56 Å². The predicted octanol–water partition coefficient (Wildman–Crippen LogP) is 1.88. The average molecular weight is 251 g/mol. The highest BCUT2D eigenvalue weighted by Crippen LogP contribution is 2.24. The molecular formula is C14H21NO3. The lowest BCUT2D eigenvalue weighted by molar-refractivity contribution is -0.145. The van der Waals surface area contributed by atoms with Crippen LogP contribution in [0, 0.1) is 20.8 Å². The smallest absolute Gasteiger partial charge is 0.326 e. The zero-order valence-electron chi connectivity index (χ0n) is 11.4. The molecule has 0 amide bonds. The van der Waals surface area contributed by atoms with Crippen LogP contribution in [0.2, 0.25) is 0 Å². The van der Waals surface area contributed by atoms with Crippen molar-refractivity contribution >= 4 is 5.97 Å². The summed E-state index contributed by atoms with van der Waals surface area (Å²) in [4.78, 5) is 11.4. The first-order valence-electron chi connectivity index (χ1n) is 6.08. The molecule has 0 fully saturated rings. The van der Waals surface area contributed by atoms with Gasteiger partial charge in [0.2, 0.25) is 0 Å². The van der Waals surface area contributed by atoms with E-state index in [9.17, 15) is 4.79 Å². The summed E-state index contributed by atoms with van der Waals surface area (Å²) in [5.41, 5.74) is 8.96. The van der Waals surface area contributed by atoms with Gasteiger partial charge in [0.25, 0.3) is 0 Å². The van der Waals surface area contributed by atoms with Gasteiger partial charge in [0.15, 0.2) is 0 Å². The van der Waals surface area contributed by atoms with Gasteiger partial charge in [-0.2, -0.15) is 0 Å². The maximum atomic E-state index is 11.4. The van der Waals surface area contributed by atoms with Gasteiger partial charge in [0.05, 0.1) is 6.61 Å². The minimum absolute atomic E-state index is 0.129. The number of esters is 1. The molecule has 0 saturated heterocycles. The van der Waals surface area contributed by atoms with Crippen molar-refractivity contribution in [3.05, 3.63) is 28.8 Å². The normalized spacial score (nSPS) is 12.1. The Balaban J connectivity index is 2.66. The molecule has 1 aromatic carbocycles. The fraction of sp³-hybridized carbons (Fsp3) is 0.500. The van der Waals surface area contributed by atoms with E-state index in [2.05, 4.69) is 0 Å². The molecule has 2 N–H and O–H groups in total. The van der Waals surface area contributed by atoms with Crippen molar-refractivity contribution in [2.45, 2.75) is 33.7 Å². The predicted molar refractivity (Wildman–Crippen MR) is 70.8 cm³/mol. The Morgan fingerprint density at radius 1 is 1.28 bits per heavy atom. The zero-order chi connectivity index (χ0) is 13.7. The number of aryl methyl sites for hydroxylation is 3.